The van der Waals surface area contributed by atoms with Crippen LogP contribution >= 0.6 is 11.3 Å². The van der Waals surface area contributed by atoms with Crippen LogP contribution in [0.25, 0.3) is 75.5 Å². The van der Waals surface area contributed by atoms with E-state index in [2.05, 4.69) is 205 Å². The van der Waals surface area contributed by atoms with Gasteiger partial charge in [-0.1, -0.05) is 152 Å². The Morgan fingerprint density at radius 2 is 0.897 bits per heavy atom. The maximum absolute atomic E-state index is 6.55. The van der Waals surface area contributed by atoms with E-state index in [1.165, 1.54) is 75.8 Å². The molecule has 0 unspecified atom stereocenters. The van der Waals surface area contributed by atoms with Crippen molar-refractivity contribution >= 4 is 70.5 Å². The molecule has 0 fully saturated rings. The van der Waals surface area contributed by atoms with Crippen LogP contribution in [-0.4, -0.2) is 0 Å². The lowest BCUT2D eigenvalue weighted by molar-refractivity contribution is 0.669. The highest BCUT2D eigenvalue weighted by Gasteiger charge is 2.51. The summed E-state index contributed by atoms with van der Waals surface area (Å²) in [5.41, 5.74) is 17.6. The highest BCUT2D eigenvalue weighted by Crippen LogP contribution is 2.63. The van der Waals surface area contributed by atoms with Gasteiger partial charge in [0.15, 0.2) is 0 Å². The maximum atomic E-state index is 6.55. The van der Waals surface area contributed by atoms with E-state index in [1.807, 2.05) is 11.3 Å². The summed E-state index contributed by atoms with van der Waals surface area (Å²) in [7, 11) is 0. The van der Waals surface area contributed by atoms with E-state index in [0.717, 1.165) is 39.0 Å². The number of fused-ring (bicyclic) bond motifs is 16. The van der Waals surface area contributed by atoms with Crippen molar-refractivity contribution in [3.63, 3.8) is 0 Å². The number of rotatable bonds is 4. The summed E-state index contributed by atoms with van der Waals surface area (Å²) in [6.07, 6.45) is 0. The monoisotopic (exact) mass is 755 g/mol. The molecule has 2 aromatic heterocycles. The van der Waals surface area contributed by atoms with Crippen molar-refractivity contribution in [1.82, 2.24) is 0 Å². The summed E-state index contributed by atoms with van der Waals surface area (Å²) in [5.74, 6) is 0. The second-order valence-corrected chi connectivity index (χ2v) is 16.6. The van der Waals surface area contributed by atoms with Gasteiger partial charge in [0.05, 0.1) is 22.2 Å². The van der Waals surface area contributed by atoms with Crippen molar-refractivity contribution < 1.29 is 4.42 Å². The van der Waals surface area contributed by atoms with Crippen LogP contribution in [0.4, 0.5) is 17.1 Å². The van der Waals surface area contributed by atoms with Crippen molar-refractivity contribution in [3.05, 3.63) is 222 Å². The molecule has 11 aromatic rings. The minimum absolute atomic E-state index is 0.406. The van der Waals surface area contributed by atoms with Crippen molar-refractivity contribution in [1.29, 1.82) is 0 Å². The zero-order valence-electron chi connectivity index (χ0n) is 31.3. The fourth-order valence-electron chi connectivity index (χ4n) is 10.5. The van der Waals surface area contributed by atoms with Gasteiger partial charge in [0.25, 0.3) is 0 Å². The van der Waals surface area contributed by atoms with Crippen molar-refractivity contribution in [2.75, 3.05) is 4.90 Å². The van der Waals surface area contributed by atoms with Crippen LogP contribution in [0.2, 0.25) is 0 Å². The van der Waals surface area contributed by atoms with Crippen molar-refractivity contribution in [3.8, 4) is 33.4 Å². The zero-order valence-corrected chi connectivity index (χ0v) is 32.1. The summed E-state index contributed by atoms with van der Waals surface area (Å²) in [4.78, 5) is 2.48. The number of thiophene rings is 1. The molecule has 0 saturated carbocycles. The molecule has 2 nitrogen and oxygen atoms in total. The number of nitrogens with zero attached hydrogens (tertiary/aromatic N) is 1. The van der Waals surface area contributed by atoms with Gasteiger partial charge in [0.2, 0.25) is 0 Å². The van der Waals surface area contributed by atoms with E-state index in [1.54, 1.807) is 0 Å². The fourth-order valence-corrected chi connectivity index (χ4v) is 11.6. The minimum atomic E-state index is -0.406. The predicted octanol–water partition coefficient (Wildman–Crippen LogP) is 15.4. The molecule has 0 bridgehead atoms. The first-order valence-electron chi connectivity index (χ1n) is 19.9. The summed E-state index contributed by atoms with van der Waals surface area (Å²) < 4.78 is 9.14. The topological polar surface area (TPSA) is 16.4 Å². The second-order valence-electron chi connectivity index (χ2n) is 15.5. The lowest BCUT2D eigenvalue weighted by Gasteiger charge is -2.32. The van der Waals surface area contributed by atoms with Gasteiger partial charge in [-0.2, -0.15) is 0 Å². The Morgan fingerprint density at radius 1 is 0.362 bits per heavy atom. The third-order valence-corrected chi connectivity index (χ3v) is 13.8. The van der Waals surface area contributed by atoms with Gasteiger partial charge in [-0.15, -0.1) is 11.3 Å². The lowest BCUT2D eigenvalue weighted by Crippen LogP contribution is -2.25. The molecule has 270 valence electrons. The Labute approximate surface area is 339 Å². The first-order chi connectivity index (χ1) is 28.8. The molecule has 0 radical (unpaired) electrons. The van der Waals surface area contributed by atoms with Crippen LogP contribution in [-0.2, 0) is 5.41 Å². The summed E-state index contributed by atoms with van der Waals surface area (Å²) in [6.45, 7) is 0. The summed E-state index contributed by atoms with van der Waals surface area (Å²) in [6, 6.07) is 73.7. The molecule has 0 saturated heterocycles. The molecule has 2 aliphatic rings. The van der Waals surface area contributed by atoms with Crippen molar-refractivity contribution in [2.24, 2.45) is 0 Å². The highest BCUT2D eigenvalue weighted by molar-refractivity contribution is 7.25. The third kappa shape index (κ3) is 4.16. The number of para-hydroxylation sites is 2. The van der Waals surface area contributed by atoms with E-state index < -0.39 is 5.41 Å². The number of hydrogen-bond acceptors (Lipinski definition) is 3. The van der Waals surface area contributed by atoms with Crippen LogP contribution < -0.4 is 4.90 Å². The van der Waals surface area contributed by atoms with E-state index in [4.69, 9.17) is 4.42 Å². The highest BCUT2D eigenvalue weighted by atomic mass is 32.1. The van der Waals surface area contributed by atoms with Gasteiger partial charge < -0.3 is 9.32 Å². The van der Waals surface area contributed by atoms with E-state index >= 15 is 0 Å². The van der Waals surface area contributed by atoms with Crippen LogP contribution in [0.3, 0.4) is 0 Å². The molecule has 1 spiro atoms. The smallest absolute Gasteiger partial charge is 0.137 e. The number of hydrogen-bond donors (Lipinski definition) is 0. The average Bonchev–Trinajstić information content (AvgIpc) is 4.02. The molecule has 58 heavy (non-hydrogen) atoms. The summed E-state index contributed by atoms with van der Waals surface area (Å²) in [5, 5.41) is 4.79. The van der Waals surface area contributed by atoms with Crippen LogP contribution in [0.1, 0.15) is 22.3 Å². The van der Waals surface area contributed by atoms with E-state index in [-0.39, 0.29) is 0 Å². The number of anilines is 3. The molecule has 9 aromatic carbocycles. The zero-order chi connectivity index (χ0) is 38.0. The molecule has 2 heterocycles. The van der Waals surface area contributed by atoms with E-state index in [9.17, 15) is 0 Å². The normalized spacial score (nSPS) is 13.3. The minimum Gasteiger partial charge on any atom is -0.456 e. The van der Waals surface area contributed by atoms with Gasteiger partial charge in [0, 0.05) is 36.8 Å². The molecule has 0 atom stereocenters. The largest absolute Gasteiger partial charge is 0.456 e. The average molecular weight is 756 g/mol. The van der Waals surface area contributed by atoms with Crippen LogP contribution in [0, 0.1) is 0 Å². The van der Waals surface area contributed by atoms with Gasteiger partial charge in [-0.25, -0.2) is 0 Å². The standard InChI is InChI=1S/C55H33NOS/c1-7-22-43-35(15-1)36-16-2-8-23-44(36)55(43)45-24-9-3-17-37(45)42-33-34(31-32-46(42)55)56(48-26-14-28-50-54(48)40-19-5-11-27-49(40)57-50)47-25-10-4-18-38(47)39-21-13-30-52-53(39)41-20-6-12-29-51(41)58-52/h1-33H. The molecule has 0 amide bonds. The molecule has 3 heteroatoms. The lowest BCUT2D eigenvalue weighted by atomic mass is 9.70. The first kappa shape index (κ1) is 31.9. The van der Waals surface area contributed by atoms with Gasteiger partial charge in [0.1, 0.15) is 11.2 Å². The Morgan fingerprint density at radius 3 is 1.67 bits per heavy atom. The third-order valence-electron chi connectivity index (χ3n) is 12.7. The molecular formula is C55H33NOS. The Kier molecular flexibility index (Phi) is 6.56. The van der Waals surface area contributed by atoms with Crippen LogP contribution in [0.15, 0.2) is 205 Å². The van der Waals surface area contributed by atoms with Gasteiger partial charge >= 0.3 is 0 Å². The molecule has 13 rings (SSSR count). The number of benzene rings is 9. The first-order valence-corrected chi connectivity index (χ1v) is 20.7. The maximum Gasteiger partial charge on any atom is 0.137 e. The van der Waals surface area contributed by atoms with Crippen molar-refractivity contribution in [2.45, 2.75) is 5.41 Å². The van der Waals surface area contributed by atoms with Crippen LogP contribution in [0.5, 0.6) is 0 Å². The molecule has 2 aliphatic carbocycles. The predicted molar refractivity (Wildman–Crippen MR) is 243 cm³/mol. The van der Waals surface area contributed by atoms with Gasteiger partial charge in [-0.3, -0.25) is 0 Å². The summed E-state index contributed by atoms with van der Waals surface area (Å²) >= 11 is 1.86. The Bertz CT molecular complexity index is 3450. The number of furan rings is 1. The molecular weight excluding hydrogens is 723 g/mol. The molecule has 0 aliphatic heterocycles. The fraction of sp³-hybridized carbons (Fsp3) is 0.0182. The van der Waals surface area contributed by atoms with E-state index in [0.29, 0.717) is 0 Å². The Hall–Kier alpha value is -7.20. The SMILES string of the molecule is c1ccc(N(c2ccc3c(c2)-c2ccccc2C32c3ccccc3-c3ccccc32)c2cccc3oc4ccccc4c23)c(-c2cccc3sc4ccccc4c23)c1. The Balaban J connectivity index is 1.12. The molecule has 0 N–H and O–H groups in total. The van der Waals surface area contributed by atoms with Gasteiger partial charge in [-0.05, 0) is 98.6 Å². The second kappa shape index (κ2) is 11.9. The quantitative estimate of drug-likeness (QED) is 0.178.